The lowest BCUT2D eigenvalue weighted by molar-refractivity contribution is 0.0941. The van der Waals surface area contributed by atoms with Crippen LogP contribution in [0.5, 0.6) is 0 Å². The van der Waals surface area contributed by atoms with Crippen LogP contribution in [0.4, 0.5) is 5.82 Å². The Morgan fingerprint density at radius 2 is 2.12 bits per heavy atom. The molecule has 1 aliphatic rings. The molecule has 156 valence electrons. The number of nitrogens with two attached hydrogens (primary N) is 1. The number of nitrogens with zero attached hydrogens (tertiary/aromatic N) is 4. The molecule has 0 fully saturated rings. The zero-order chi connectivity index (χ0) is 22.2. The molecule has 1 aliphatic carbocycles. The lowest BCUT2D eigenvalue weighted by atomic mass is 9.89. The Kier molecular flexibility index (Phi) is 4.86. The Bertz CT molecular complexity index is 1400. The van der Waals surface area contributed by atoms with Gasteiger partial charge in [0.05, 0.1) is 11.2 Å². The molecule has 9 heteroatoms. The van der Waals surface area contributed by atoms with E-state index in [4.69, 9.17) is 18.0 Å². The van der Waals surface area contributed by atoms with Gasteiger partial charge in [0, 0.05) is 35.2 Å². The third kappa shape index (κ3) is 3.69. The van der Waals surface area contributed by atoms with Gasteiger partial charge in [-0.3, -0.25) is 9.78 Å². The smallest absolute Gasteiger partial charge is 0.291 e. The van der Waals surface area contributed by atoms with E-state index >= 15 is 0 Å². The topological polar surface area (TPSA) is 112 Å². The molecule has 0 bridgehead atoms. The molecule has 2 radical (unpaired) electrons. The molecule has 3 N–H and O–H groups in total. The van der Waals surface area contributed by atoms with Crippen molar-refractivity contribution in [1.29, 1.82) is 0 Å². The van der Waals surface area contributed by atoms with Gasteiger partial charge >= 0.3 is 0 Å². The summed E-state index contributed by atoms with van der Waals surface area (Å²) >= 11 is 0. The van der Waals surface area contributed by atoms with Gasteiger partial charge in [0.25, 0.3) is 5.91 Å². The second kappa shape index (κ2) is 7.84. The summed E-state index contributed by atoms with van der Waals surface area (Å²) in [6.07, 6.45) is 9.91. The van der Waals surface area contributed by atoms with E-state index in [1.165, 1.54) is 6.33 Å². The molecule has 0 aliphatic heterocycles. The van der Waals surface area contributed by atoms with E-state index in [9.17, 15) is 4.79 Å². The van der Waals surface area contributed by atoms with Crippen LogP contribution in [0.2, 0.25) is 0 Å². The van der Waals surface area contributed by atoms with Crippen molar-refractivity contribution in [2.75, 3.05) is 5.73 Å². The fourth-order valence-corrected chi connectivity index (χ4v) is 3.76. The van der Waals surface area contributed by atoms with Crippen molar-refractivity contribution in [2.45, 2.75) is 13.3 Å². The predicted molar refractivity (Wildman–Crippen MR) is 122 cm³/mol. The first-order valence-electron chi connectivity index (χ1n) is 10.1. The summed E-state index contributed by atoms with van der Waals surface area (Å²) in [6, 6.07) is 8.81. The Balaban J connectivity index is 1.48. The van der Waals surface area contributed by atoms with Crippen LogP contribution in [-0.4, -0.2) is 33.3 Å². The van der Waals surface area contributed by atoms with Crippen LogP contribution in [0.15, 0.2) is 71.3 Å². The molecule has 0 spiro atoms. The van der Waals surface area contributed by atoms with Gasteiger partial charge in [0.1, 0.15) is 18.0 Å². The quantitative estimate of drug-likeness (QED) is 0.489. The summed E-state index contributed by atoms with van der Waals surface area (Å²) in [4.78, 5) is 25.4. The molecule has 4 aromatic rings. The molecule has 0 aromatic carbocycles. The van der Waals surface area contributed by atoms with Crippen molar-refractivity contribution in [3.8, 4) is 5.82 Å². The van der Waals surface area contributed by atoms with E-state index < -0.39 is 0 Å². The standard InChI is InChI=1S/C23H19BN6O2/c1-13-2-3-15(29-23(31)19-4-5-20(24)32-19)8-16(13)17-9-18-14(11-26-17)6-7-30(18)22-10-21(25)27-12-28-22/h3-13H,2H2,1H3,(H,29,31)(H2,25,27,28). The van der Waals surface area contributed by atoms with Crippen molar-refractivity contribution < 1.29 is 9.21 Å². The Hall–Kier alpha value is -4.14. The highest BCUT2D eigenvalue weighted by molar-refractivity contribution is 6.30. The summed E-state index contributed by atoms with van der Waals surface area (Å²) in [7, 11) is 5.57. The first-order valence-corrected chi connectivity index (χ1v) is 10.1. The van der Waals surface area contributed by atoms with Gasteiger partial charge in [0.15, 0.2) is 13.6 Å². The maximum absolute atomic E-state index is 12.4. The zero-order valence-electron chi connectivity index (χ0n) is 17.3. The number of rotatable bonds is 4. The summed E-state index contributed by atoms with van der Waals surface area (Å²) in [6.45, 7) is 2.13. The number of pyridine rings is 1. The van der Waals surface area contributed by atoms with Gasteiger partial charge in [-0.05, 0) is 48.3 Å². The van der Waals surface area contributed by atoms with Gasteiger partial charge in [-0.15, -0.1) is 0 Å². The molecular weight excluding hydrogens is 403 g/mol. The van der Waals surface area contributed by atoms with Crippen LogP contribution in [0, 0.1) is 5.92 Å². The number of carbonyl (C=O) groups excluding carboxylic acids is 1. The van der Waals surface area contributed by atoms with Gasteiger partial charge in [-0.2, -0.15) is 0 Å². The average molecular weight is 422 g/mol. The molecule has 4 aromatic heterocycles. The van der Waals surface area contributed by atoms with Gasteiger partial charge in [-0.1, -0.05) is 13.0 Å². The number of allylic oxidation sites excluding steroid dienone is 3. The largest absolute Gasteiger partial charge is 0.468 e. The highest BCUT2D eigenvalue weighted by atomic mass is 16.3. The minimum absolute atomic E-state index is 0.165. The number of nitrogen functional groups attached to an aromatic ring is 1. The van der Waals surface area contributed by atoms with Gasteiger partial charge < -0.3 is 20.0 Å². The van der Waals surface area contributed by atoms with Crippen molar-refractivity contribution in [1.82, 2.24) is 24.8 Å². The van der Waals surface area contributed by atoms with Crippen LogP contribution in [0.3, 0.4) is 0 Å². The monoisotopic (exact) mass is 422 g/mol. The van der Waals surface area contributed by atoms with Crippen LogP contribution < -0.4 is 16.7 Å². The summed E-state index contributed by atoms with van der Waals surface area (Å²) in [5.41, 5.74) is 9.53. The lowest BCUT2D eigenvalue weighted by Crippen LogP contribution is -2.23. The van der Waals surface area contributed by atoms with Gasteiger partial charge in [0.2, 0.25) is 0 Å². The predicted octanol–water partition coefficient (Wildman–Crippen LogP) is 2.52. The van der Waals surface area contributed by atoms with E-state index in [1.807, 2.05) is 41.2 Å². The van der Waals surface area contributed by atoms with Crippen LogP contribution in [0.25, 0.3) is 22.3 Å². The number of hydrogen-bond acceptors (Lipinski definition) is 6. The number of fused-ring (bicyclic) bond motifs is 1. The zero-order valence-corrected chi connectivity index (χ0v) is 17.3. The first kappa shape index (κ1) is 19.8. The fraction of sp³-hybridized carbons (Fsp3) is 0.130. The number of amides is 1. The van der Waals surface area contributed by atoms with Crippen LogP contribution in [-0.2, 0) is 0 Å². The number of aromatic nitrogens is 4. The molecule has 4 heterocycles. The Morgan fingerprint density at radius 3 is 2.91 bits per heavy atom. The average Bonchev–Trinajstić information content (AvgIpc) is 3.41. The second-order valence-corrected chi connectivity index (χ2v) is 7.67. The van der Waals surface area contributed by atoms with E-state index in [-0.39, 0.29) is 23.2 Å². The summed E-state index contributed by atoms with van der Waals surface area (Å²) in [5, 5.41) is 3.86. The number of anilines is 1. The Labute approximate surface area is 185 Å². The molecule has 1 amide bonds. The minimum Gasteiger partial charge on any atom is -0.468 e. The fourth-order valence-electron chi connectivity index (χ4n) is 3.76. The summed E-state index contributed by atoms with van der Waals surface area (Å²) < 4.78 is 7.16. The molecular formula is C23H19BN6O2. The number of nitrogens with one attached hydrogen (secondary N) is 1. The Morgan fingerprint density at radius 1 is 1.25 bits per heavy atom. The molecule has 0 saturated carbocycles. The molecule has 1 unspecified atom stereocenters. The first-order chi connectivity index (χ1) is 15.5. The van der Waals surface area contributed by atoms with Crippen LogP contribution >= 0.6 is 0 Å². The highest BCUT2D eigenvalue weighted by Crippen LogP contribution is 2.32. The number of carbonyl (C=O) groups is 1. The van der Waals surface area contributed by atoms with Crippen molar-refractivity contribution >= 4 is 41.7 Å². The van der Waals surface area contributed by atoms with E-state index in [2.05, 4.69) is 27.2 Å². The second-order valence-electron chi connectivity index (χ2n) is 7.67. The molecule has 32 heavy (non-hydrogen) atoms. The molecule has 5 rings (SSSR count). The molecule has 1 atom stereocenters. The van der Waals surface area contributed by atoms with E-state index in [0.29, 0.717) is 17.3 Å². The third-order valence-electron chi connectivity index (χ3n) is 5.43. The number of hydrogen-bond donors (Lipinski definition) is 2. The maximum atomic E-state index is 12.4. The van der Waals surface area contributed by atoms with Gasteiger partial charge in [-0.25, -0.2) is 9.97 Å². The summed E-state index contributed by atoms with van der Waals surface area (Å²) in [5.74, 6) is 1.13. The van der Waals surface area contributed by atoms with Crippen molar-refractivity contribution in [2.24, 2.45) is 5.92 Å². The normalized spacial score (nSPS) is 16.0. The minimum atomic E-state index is -0.350. The third-order valence-corrected chi connectivity index (χ3v) is 5.43. The maximum Gasteiger partial charge on any atom is 0.291 e. The molecule has 8 nitrogen and oxygen atoms in total. The number of furan rings is 1. The van der Waals surface area contributed by atoms with Crippen molar-refractivity contribution in [3.63, 3.8) is 0 Å². The SMILES string of the molecule is [B]c1ccc(C(=O)NC2=CCC(C)C(c3cc4c(ccn4-c4cc(N)ncn4)cn3)=C2)o1. The van der Waals surface area contributed by atoms with Crippen LogP contribution in [0.1, 0.15) is 29.6 Å². The highest BCUT2D eigenvalue weighted by Gasteiger charge is 2.20. The molecule has 0 saturated heterocycles. The van der Waals surface area contributed by atoms with E-state index in [0.717, 1.165) is 28.6 Å². The van der Waals surface area contributed by atoms with E-state index in [1.54, 1.807) is 18.2 Å². The van der Waals surface area contributed by atoms with Crippen molar-refractivity contribution in [3.05, 3.63) is 78.4 Å². The lowest BCUT2D eigenvalue weighted by Gasteiger charge is -2.20.